The normalized spacial score (nSPS) is 23.8. The van der Waals surface area contributed by atoms with Crippen molar-refractivity contribution < 1.29 is 35.5 Å². The SMILES string of the molecule is CCCCc1nc(C)n(CC23CC4CC(CC(C4)C2)C3)c(=O)c1Cc1ccc(-c2ccccc2-c2noc(=O)[nH]2)cc1.[H-].[Na+]. The van der Waals surface area contributed by atoms with Gasteiger partial charge in [0.05, 0.1) is 5.69 Å². The van der Waals surface area contributed by atoms with Gasteiger partial charge in [-0.1, -0.05) is 67.0 Å². The van der Waals surface area contributed by atoms with Crippen molar-refractivity contribution in [3.8, 4) is 22.5 Å². The van der Waals surface area contributed by atoms with Gasteiger partial charge in [0, 0.05) is 24.1 Å². The Morgan fingerprint density at radius 2 is 1.63 bits per heavy atom. The van der Waals surface area contributed by atoms with Gasteiger partial charge in [0.2, 0.25) is 0 Å². The van der Waals surface area contributed by atoms with Crippen LogP contribution < -0.4 is 40.9 Å². The number of unbranched alkanes of at least 4 members (excludes halogenated alkanes) is 1. The number of rotatable bonds is 9. The van der Waals surface area contributed by atoms with Crippen LogP contribution in [0, 0.1) is 30.1 Å². The van der Waals surface area contributed by atoms with Gasteiger partial charge in [-0.3, -0.25) is 18.9 Å². The van der Waals surface area contributed by atoms with Crippen LogP contribution >= 0.6 is 0 Å². The van der Waals surface area contributed by atoms with E-state index in [1.807, 2.05) is 35.8 Å². The predicted molar refractivity (Wildman–Crippen MR) is 164 cm³/mol. The van der Waals surface area contributed by atoms with Crippen molar-refractivity contribution >= 4 is 0 Å². The fourth-order valence-electron chi connectivity index (χ4n) is 8.78. The fourth-order valence-corrected chi connectivity index (χ4v) is 8.78. The van der Waals surface area contributed by atoms with Gasteiger partial charge < -0.3 is 1.43 Å². The van der Waals surface area contributed by atoms with Gasteiger partial charge in [-0.25, -0.2) is 9.78 Å². The summed E-state index contributed by atoms with van der Waals surface area (Å²) >= 11 is 0. The molecular weight excluding hydrogens is 547 g/mol. The number of aromatic nitrogens is 4. The van der Waals surface area contributed by atoms with Crippen LogP contribution in [0.4, 0.5) is 0 Å². The molecule has 4 fully saturated rings. The number of aryl methyl sites for hydroxylation is 2. The van der Waals surface area contributed by atoms with Gasteiger partial charge in [0.1, 0.15) is 5.82 Å². The first-order valence-electron chi connectivity index (χ1n) is 15.7. The minimum atomic E-state index is -0.574. The predicted octanol–water partition coefficient (Wildman–Crippen LogP) is 3.83. The molecule has 2 aromatic heterocycles. The molecule has 4 aromatic rings. The molecule has 0 saturated heterocycles. The van der Waals surface area contributed by atoms with Crippen LogP contribution in [0.3, 0.4) is 0 Å². The zero-order valence-corrected chi connectivity index (χ0v) is 27.7. The number of aromatic amines is 1. The molecule has 0 spiro atoms. The molecule has 2 aromatic carbocycles. The monoisotopic (exact) mass is 588 g/mol. The van der Waals surface area contributed by atoms with E-state index in [4.69, 9.17) is 9.51 Å². The van der Waals surface area contributed by atoms with Gasteiger partial charge in [-0.2, -0.15) is 0 Å². The molecule has 220 valence electrons. The molecule has 0 radical (unpaired) electrons. The molecule has 4 saturated carbocycles. The van der Waals surface area contributed by atoms with E-state index in [1.165, 1.54) is 38.5 Å². The summed E-state index contributed by atoms with van der Waals surface area (Å²) in [6.45, 7) is 5.05. The zero-order valence-electron chi connectivity index (χ0n) is 26.7. The minimum Gasteiger partial charge on any atom is -1.00 e. The van der Waals surface area contributed by atoms with Gasteiger partial charge in [0.15, 0.2) is 5.82 Å². The van der Waals surface area contributed by atoms with Crippen molar-refractivity contribution in [2.45, 2.75) is 84.6 Å². The molecule has 1 N–H and O–H groups in total. The second-order valence-corrected chi connectivity index (χ2v) is 13.4. The van der Waals surface area contributed by atoms with Crippen LogP contribution in [-0.4, -0.2) is 19.7 Å². The summed E-state index contributed by atoms with van der Waals surface area (Å²) in [5.74, 6) is 3.29. The van der Waals surface area contributed by atoms with Crippen molar-refractivity contribution in [3.05, 3.63) is 92.1 Å². The number of nitrogens with one attached hydrogen (secondary N) is 1. The molecule has 0 atom stereocenters. The Morgan fingerprint density at radius 3 is 2.23 bits per heavy atom. The zero-order chi connectivity index (χ0) is 28.8. The summed E-state index contributed by atoms with van der Waals surface area (Å²) in [6.07, 6.45) is 11.6. The van der Waals surface area contributed by atoms with E-state index < -0.39 is 5.76 Å². The first-order chi connectivity index (χ1) is 20.4. The maximum Gasteiger partial charge on any atom is 1.00 e. The van der Waals surface area contributed by atoms with Gasteiger partial charge in [-0.15, -0.1) is 0 Å². The van der Waals surface area contributed by atoms with Crippen molar-refractivity contribution in [1.82, 2.24) is 19.7 Å². The second-order valence-electron chi connectivity index (χ2n) is 13.4. The number of H-pyrrole nitrogens is 1. The van der Waals surface area contributed by atoms with E-state index in [9.17, 15) is 9.59 Å². The van der Waals surface area contributed by atoms with Crippen LogP contribution in [0.2, 0.25) is 0 Å². The third-order valence-corrected chi connectivity index (χ3v) is 10.2. The fraction of sp³-hybridized carbons (Fsp3) is 0.486. The largest absolute Gasteiger partial charge is 1.00 e. The quantitative estimate of drug-likeness (QED) is 0.300. The summed E-state index contributed by atoms with van der Waals surface area (Å²) in [5, 5.41) is 3.88. The summed E-state index contributed by atoms with van der Waals surface area (Å²) in [5.41, 5.74) is 6.10. The summed E-state index contributed by atoms with van der Waals surface area (Å²) in [7, 11) is 0. The van der Waals surface area contributed by atoms with E-state index >= 15 is 0 Å². The molecule has 4 bridgehead atoms. The Morgan fingerprint density at radius 1 is 0.977 bits per heavy atom. The first-order valence-corrected chi connectivity index (χ1v) is 15.7. The van der Waals surface area contributed by atoms with E-state index in [0.717, 1.165) is 82.9 Å². The number of hydrogen-bond acceptors (Lipinski definition) is 5. The number of hydrogen-bond donors (Lipinski definition) is 1. The maximum absolute atomic E-state index is 14.3. The molecule has 8 rings (SSSR count). The summed E-state index contributed by atoms with van der Waals surface area (Å²) in [6, 6.07) is 16.2. The molecule has 4 aliphatic carbocycles. The van der Waals surface area contributed by atoms with Crippen molar-refractivity contribution in [3.63, 3.8) is 0 Å². The van der Waals surface area contributed by atoms with Gasteiger partial charge >= 0.3 is 35.3 Å². The van der Waals surface area contributed by atoms with Crippen molar-refractivity contribution in [2.24, 2.45) is 23.2 Å². The Balaban J connectivity index is 0.00000192. The van der Waals surface area contributed by atoms with Crippen LogP contribution in [0.25, 0.3) is 22.5 Å². The van der Waals surface area contributed by atoms with E-state index in [2.05, 4.69) is 41.3 Å². The Hall–Kier alpha value is -2.74. The number of benzene rings is 2. The topological polar surface area (TPSA) is 93.8 Å². The van der Waals surface area contributed by atoms with Gasteiger partial charge in [0.25, 0.3) is 5.56 Å². The third-order valence-electron chi connectivity index (χ3n) is 10.2. The molecule has 0 aliphatic heterocycles. The molecule has 0 amide bonds. The Kier molecular flexibility index (Phi) is 8.69. The van der Waals surface area contributed by atoms with Crippen LogP contribution in [-0.2, 0) is 19.4 Å². The van der Waals surface area contributed by atoms with Crippen LogP contribution in [0.1, 0.15) is 82.4 Å². The van der Waals surface area contributed by atoms with Crippen molar-refractivity contribution in [2.75, 3.05) is 0 Å². The standard InChI is InChI=1S/C35H40N4O3.Na.H/c1-3-4-9-31-30(33(40)39(22(2)36-31)21-35-18-24-14-25(19-35)16-26(15-24)20-35)17-23-10-12-27(13-11-23)28-7-5-6-8-29(28)32-37-34(41)42-38-32;;/h5-8,10-13,24-26H,3-4,9,14-21H2,1-2H3,(H,37,38,41);;/q;+1;-1. The van der Waals surface area contributed by atoms with E-state index in [0.29, 0.717) is 12.2 Å². The number of nitrogens with zero attached hydrogens (tertiary/aromatic N) is 3. The Bertz CT molecular complexity index is 1690. The van der Waals surface area contributed by atoms with Crippen molar-refractivity contribution in [1.29, 1.82) is 0 Å². The molecular formula is C35H41N4NaO3. The first kappa shape index (κ1) is 30.3. The average molecular weight is 589 g/mol. The molecule has 4 aliphatic rings. The molecule has 43 heavy (non-hydrogen) atoms. The minimum absolute atomic E-state index is 0. The molecule has 0 unspecified atom stereocenters. The average Bonchev–Trinajstić information content (AvgIpc) is 3.41. The third kappa shape index (κ3) is 6.01. The van der Waals surface area contributed by atoms with Crippen LogP contribution in [0.15, 0.2) is 62.6 Å². The summed E-state index contributed by atoms with van der Waals surface area (Å²) < 4.78 is 6.78. The Labute approximate surface area is 276 Å². The van der Waals surface area contributed by atoms with E-state index in [-0.39, 0.29) is 42.0 Å². The van der Waals surface area contributed by atoms with E-state index in [1.54, 1.807) is 0 Å². The molecule has 8 heteroatoms. The smallest absolute Gasteiger partial charge is 1.00 e. The maximum atomic E-state index is 14.3. The second kappa shape index (κ2) is 12.3. The molecule has 2 heterocycles. The summed E-state index contributed by atoms with van der Waals surface area (Å²) in [4.78, 5) is 33.6. The van der Waals surface area contributed by atoms with Crippen LogP contribution in [0.5, 0.6) is 0 Å². The van der Waals surface area contributed by atoms with Gasteiger partial charge in [-0.05, 0) is 98.1 Å². The molecule has 7 nitrogen and oxygen atoms in total.